The standard InChI is InChI=1S/C56H50N2O4S2/c1-6-7-8-9-14-35-29-40(30-36(33-57)54(59)60)63-52(35)53-50-49(61-27-28-62-50)51(64-53)34-19-21-37(22-20-34)58(38-23-25-43-41-15-10-12-17-45(41)55(2,3)47(43)31-38)39-24-26-44-42-16-11-13-18-46(42)56(4,5)48(44)32-39/h10-13,15-26,29-32H,6-9,14,27-28H2,1-5H3,(H,59,60)/b36-30+. The van der Waals surface area contributed by atoms with Gasteiger partial charge in [-0.1, -0.05) is 127 Å². The molecule has 0 saturated heterocycles. The summed E-state index contributed by atoms with van der Waals surface area (Å²) in [7, 11) is 0. The number of rotatable bonds is 12. The van der Waals surface area contributed by atoms with Crippen LogP contribution in [0.3, 0.4) is 0 Å². The number of benzene rings is 5. The number of aliphatic carboxylic acids is 1. The molecule has 1 N–H and O–H groups in total. The Morgan fingerprint density at radius 3 is 1.78 bits per heavy atom. The van der Waals surface area contributed by atoms with E-state index in [0.29, 0.717) is 13.2 Å². The zero-order valence-corrected chi connectivity index (χ0v) is 38.5. The molecule has 0 spiro atoms. The molecule has 0 atom stereocenters. The molecule has 3 heterocycles. The number of nitriles is 1. The average Bonchev–Trinajstić information content (AvgIpc) is 4.02. The first-order chi connectivity index (χ1) is 31.0. The van der Waals surface area contributed by atoms with Crippen LogP contribution in [-0.2, 0) is 22.0 Å². The Labute approximate surface area is 383 Å². The smallest absolute Gasteiger partial charge is 0.346 e. The Bertz CT molecular complexity index is 2940. The van der Waals surface area contributed by atoms with E-state index in [0.717, 1.165) is 91.3 Å². The summed E-state index contributed by atoms with van der Waals surface area (Å²) in [6.07, 6.45) is 6.75. The van der Waals surface area contributed by atoms with Crippen LogP contribution >= 0.6 is 22.7 Å². The molecule has 2 aliphatic carbocycles. The number of hydrogen-bond donors (Lipinski definition) is 1. The molecule has 3 aliphatic rings. The fraction of sp³-hybridized carbons (Fsp3) is 0.250. The number of hydrogen-bond acceptors (Lipinski definition) is 7. The Morgan fingerprint density at radius 1 is 0.672 bits per heavy atom. The molecule has 0 unspecified atom stereocenters. The van der Waals surface area contributed by atoms with Crippen molar-refractivity contribution in [2.24, 2.45) is 0 Å². The van der Waals surface area contributed by atoms with Crippen LogP contribution in [0.1, 0.15) is 93.0 Å². The van der Waals surface area contributed by atoms with Crippen LogP contribution in [0.2, 0.25) is 0 Å². The zero-order chi connectivity index (χ0) is 44.3. The predicted octanol–water partition coefficient (Wildman–Crippen LogP) is 15.1. The number of aryl methyl sites for hydroxylation is 1. The number of nitrogens with zero attached hydrogens (tertiary/aromatic N) is 2. The van der Waals surface area contributed by atoms with Gasteiger partial charge in [0.25, 0.3) is 0 Å². The van der Waals surface area contributed by atoms with E-state index in [1.165, 1.54) is 61.9 Å². The SMILES string of the molecule is CCCCCCc1cc(/C=C(\C#N)C(=O)O)sc1-c1sc(-c2ccc(N(c3ccc4c(c3)C(C)(C)c3ccccc3-4)c3ccc4c(c3)C(C)(C)c3ccccc3-4)cc2)c2c1OCCO2. The van der Waals surface area contributed by atoms with Crippen LogP contribution in [0.5, 0.6) is 11.5 Å². The van der Waals surface area contributed by atoms with E-state index < -0.39 is 5.97 Å². The van der Waals surface area contributed by atoms with Gasteiger partial charge >= 0.3 is 5.97 Å². The topological polar surface area (TPSA) is 82.8 Å². The number of carboxylic acid groups (broad SMARTS) is 1. The van der Waals surface area contributed by atoms with Gasteiger partial charge < -0.3 is 19.5 Å². The van der Waals surface area contributed by atoms with Crippen molar-refractivity contribution in [3.05, 3.63) is 154 Å². The molecule has 0 saturated carbocycles. The number of ether oxygens (including phenoxy) is 2. The van der Waals surface area contributed by atoms with Crippen molar-refractivity contribution in [2.45, 2.75) is 77.6 Å². The predicted molar refractivity (Wildman–Crippen MR) is 263 cm³/mol. The molecule has 0 amide bonds. The van der Waals surface area contributed by atoms with E-state index in [-0.39, 0.29) is 16.4 Å². The Morgan fingerprint density at radius 2 is 1.22 bits per heavy atom. The second kappa shape index (κ2) is 16.3. The second-order valence-corrected chi connectivity index (χ2v) is 20.2. The molecule has 1 aliphatic heterocycles. The highest BCUT2D eigenvalue weighted by Crippen LogP contribution is 2.57. The van der Waals surface area contributed by atoms with Gasteiger partial charge in [-0.15, -0.1) is 22.7 Å². The molecule has 2 aromatic heterocycles. The van der Waals surface area contributed by atoms with Crippen LogP contribution < -0.4 is 14.4 Å². The summed E-state index contributed by atoms with van der Waals surface area (Å²) in [5.74, 6) is 0.237. The normalized spacial score (nSPS) is 14.9. The molecule has 6 nitrogen and oxygen atoms in total. The molecule has 0 radical (unpaired) electrons. The van der Waals surface area contributed by atoms with Crippen molar-refractivity contribution < 1.29 is 19.4 Å². The van der Waals surface area contributed by atoms with Gasteiger partial charge in [0.1, 0.15) is 24.9 Å². The fourth-order valence-corrected chi connectivity index (χ4v) is 12.6. The first-order valence-corrected chi connectivity index (χ1v) is 23.9. The molecule has 320 valence electrons. The maximum atomic E-state index is 11.8. The number of carbonyl (C=O) groups is 1. The Kier molecular flexibility index (Phi) is 10.6. The number of anilines is 3. The molecule has 64 heavy (non-hydrogen) atoms. The highest BCUT2D eigenvalue weighted by Gasteiger charge is 2.38. The van der Waals surface area contributed by atoms with E-state index in [4.69, 9.17) is 9.47 Å². The van der Waals surface area contributed by atoms with Crippen molar-refractivity contribution in [1.82, 2.24) is 0 Å². The summed E-state index contributed by atoms with van der Waals surface area (Å²) in [4.78, 5) is 18.0. The van der Waals surface area contributed by atoms with Crippen molar-refractivity contribution in [2.75, 3.05) is 18.1 Å². The summed E-state index contributed by atoms with van der Waals surface area (Å²) in [6, 6.07) is 44.2. The lowest BCUT2D eigenvalue weighted by Crippen LogP contribution is -2.18. The van der Waals surface area contributed by atoms with Gasteiger partial charge in [0.15, 0.2) is 11.5 Å². The second-order valence-electron chi connectivity index (χ2n) is 18.1. The minimum absolute atomic E-state index is 0.152. The molecular formula is C56H50N2O4S2. The van der Waals surface area contributed by atoms with E-state index >= 15 is 0 Å². The summed E-state index contributed by atoms with van der Waals surface area (Å²) in [5.41, 5.74) is 15.3. The van der Waals surface area contributed by atoms with Crippen molar-refractivity contribution in [3.63, 3.8) is 0 Å². The monoisotopic (exact) mass is 878 g/mol. The lowest BCUT2D eigenvalue weighted by molar-refractivity contribution is -0.132. The third-order valence-electron chi connectivity index (χ3n) is 13.4. The van der Waals surface area contributed by atoms with Gasteiger partial charge in [-0.3, -0.25) is 0 Å². The molecule has 8 heteroatoms. The van der Waals surface area contributed by atoms with Gasteiger partial charge in [-0.05, 0) is 117 Å². The lowest BCUT2D eigenvalue weighted by atomic mass is 9.82. The summed E-state index contributed by atoms with van der Waals surface area (Å²) in [6.45, 7) is 12.4. The van der Waals surface area contributed by atoms with Crippen LogP contribution in [0.25, 0.3) is 48.5 Å². The van der Waals surface area contributed by atoms with Crippen LogP contribution in [0.4, 0.5) is 17.1 Å². The van der Waals surface area contributed by atoms with Gasteiger partial charge in [0.05, 0.1) is 14.6 Å². The third-order valence-corrected chi connectivity index (χ3v) is 15.9. The fourth-order valence-electron chi connectivity index (χ4n) is 10.1. The number of fused-ring (bicyclic) bond motifs is 7. The van der Waals surface area contributed by atoms with E-state index in [1.807, 2.05) is 12.1 Å². The van der Waals surface area contributed by atoms with Gasteiger partial charge in [0.2, 0.25) is 0 Å². The molecule has 0 bridgehead atoms. The van der Waals surface area contributed by atoms with Crippen LogP contribution in [-0.4, -0.2) is 24.3 Å². The summed E-state index contributed by atoms with van der Waals surface area (Å²) < 4.78 is 12.8. The third kappa shape index (κ3) is 6.93. The quantitative estimate of drug-likeness (QED) is 0.0748. The van der Waals surface area contributed by atoms with Crippen molar-refractivity contribution in [3.8, 4) is 60.0 Å². The maximum Gasteiger partial charge on any atom is 0.346 e. The van der Waals surface area contributed by atoms with Crippen LogP contribution in [0, 0.1) is 11.3 Å². The van der Waals surface area contributed by atoms with Gasteiger partial charge in [-0.2, -0.15) is 5.26 Å². The number of unbranched alkanes of at least 4 members (excludes halogenated alkanes) is 3. The highest BCUT2D eigenvalue weighted by atomic mass is 32.1. The minimum atomic E-state index is -1.23. The van der Waals surface area contributed by atoms with Crippen molar-refractivity contribution in [1.29, 1.82) is 5.26 Å². The maximum absolute atomic E-state index is 11.8. The molecule has 5 aromatic carbocycles. The highest BCUT2D eigenvalue weighted by molar-refractivity contribution is 7.25. The summed E-state index contributed by atoms with van der Waals surface area (Å²) >= 11 is 3.16. The van der Waals surface area contributed by atoms with E-state index in [2.05, 4.69) is 149 Å². The van der Waals surface area contributed by atoms with E-state index in [9.17, 15) is 15.2 Å². The van der Waals surface area contributed by atoms with Gasteiger partial charge in [-0.25, -0.2) is 4.79 Å². The average molecular weight is 879 g/mol. The lowest BCUT2D eigenvalue weighted by Gasteiger charge is -2.30. The van der Waals surface area contributed by atoms with Crippen LogP contribution in [0.15, 0.2) is 121 Å². The van der Waals surface area contributed by atoms with E-state index in [1.54, 1.807) is 11.3 Å². The Hall–Kier alpha value is -6.40. The zero-order valence-electron chi connectivity index (χ0n) is 36.9. The summed E-state index contributed by atoms with van der Waals surface area (Å²) in [5, 5.41) is 19.2. The molecule has 10 rings (SSSR count). The molecular weight excluding hydrogens is 829 g/mol. The number of carboxylic acids is 1. The Balaban J connectivity index is 1.07. The van der Waals surface area contributed by atoms with Gasteiger partial charge in [0, 0.05) is 32.8 Å². The molecule has 0 fully saturated rings. The van der Waals surface area contributed by atoms with Crippen molar-refractivity contribution >= 4 is 51.8 Å². The number of thiophene rings is 2. The molecule has 7 aromatic rings. The first-order valence-electron chi connectivity index (χ1n) is 22.3. The largest absolute Gasteiger partial charge is 0.485 e. The first kappa shape index (κ1) is 41.6. The minimum Gasteiger partial charge on any atom is -0.485 e.